The summed E-state index contributed by atoms with van der Waals surface area (Å²) in [6.07, 6.45) is -0.663. The van der Waals surface area contributed by atoms with Crippen LogP contribution in [0, 0.1) is 5.92 Å². The van der Waals surface area contributed by atoms with Crippen LogP contribution in [0.4, 0.5) is 4.79 Å². The van der Waals surface area contributed by atoms with Crippen LogP contribution in [-0.4, -0.2) is 40.4 Å². The molecule has 4 nitrogen and oxygen atoms in total. The van der Waals surface area contributed by atoms with Crippen LogP contribution < -0.4 is 0 Å². The second kappa shape index (κ2) is 3.09. The number of carboxylic acid groups (broad SMARTS) is 1. The van der Waals surface area contributed by atoms with Gasteiger partial charge in [0.15, 0.2) is 0 Å². The lowest BCUT2D eigenvalue weighted by molar-refractivity contribution is 0.0315. The highest BCUT2D eigenvalue weighted by Crippen LogP contribution is 2.16. The molecule has 1 saturated heterocycles. The number of likely N-dealkylation sites (tertiary alicyclic amines) is 1. The summed E-state index contributed by atoms with van der Waals surface area (Å²) in [5.41, 5.74) is 0. The molecule has 0 aromatic heterocycles. The van der Waals surface area contributed by atoms with Crippen molar-refractivity contribution in [2.45, 2.75) is 19.4 Å². The highest BCUT2D eigenvalue weighted by Gasteiger charge is 2.26. The van der Waals surface area contributed by atoms with Crippen LogP contribution in [0.3, 0.4) is 0 Å². The summed E-state index contributed by atoms with van der Waals surface area (Å²) in [7, 11) is 0. The van der Waals surface area contributed by atoms with E-state index >= 15 is 0 Å². The fourth-order valence-electron chi connectivity index (χ4n) is 1.22. The lowest BCUT2D eigenvalue weighted by Gasteiger charge is -2.32. The van der Waals surface area contributed by atoms with Crippen LogP contribution in [0.5, 0.6) is 0 Å². The Hall–Kier alpha value is -0.770. The molecule has 64 valence electrons. The van der Waals surface area contributed by atoms with Crippen molar-refractivity contribution in [2.75, 3.05) is 13.1 Å². The fraction of sp³-hybridized carbons (Fsp3) is 0.857. The first kappa shape index (κ1) is 8.33. The van der Waals surface area contributed by atoms with Crippen molar-refractivity contribution in [1.29, 1.82) is 0 Å². The Balaban J connectivity index is 2.46. The summed E-state index contributed by atoms with van der Waals surface area (Å²) in [6.45, 7) is 2.74. The number of aliphatic hydroxyl groups excluding tert-OH is 1. The molecule has 0 radical (unpaired) electrons. The molecular formula is C7H13NO3. The van der Waals surface area contributed by atoms with Gasteiger partial charge in [-0.3, -0.25) is 0 Å². The summed E-state index contributed by atoms with van der Waals surface area (Å²) in [6, 6.07) is 0. The Morgan fingerprint density at radius 3 is 2.73 bits per heavy atom. The van der Waals surface area contributed by atoms with Crippen molar-refractivity contribution in [3.05, 3.63) is 0 Å². The minimum Gasteiger partial charge on any atom is -0.465 e. The molecule has 4 heteroatoms. The van der Waals surface area contributed by atoms with Gasteiger partial charge in [-0.25, -0.2) is 4.79 Å². The quantitative estimate of drug-likeness (QED) is 0.536. The fourth-order valence-corrected chi connectivity index (χ4v) is 1.22. The van der Waals surface area contributed by atoms with Gasteiger partial charge in [-0.05, 0) is 12.3 Å². The van der Waals surface area contributed by atoms with Gasteiger partial charge in [-0.15, -0.1) is 0 Å². The molecule has 1 aliphatic rings. The highest BCUT2D eigenvalue weighted by molar-refractivity contribution is 5.65. The summed E-state index contributed by atoms with van der Waals surface area (Å²) >= 11 is 0. The van der Waals surface area contributed by atoms with Crippen molar-refractivity contribution in [2.24, 2.45) is 5.92 Å². The number of hydrogen-bond donors (Lipinski definition) is 2. The number of aliphatic hydroxyl groups is 1. The summed E-state index contributed by atoms with van der Waals surface area (Å²) < 4.78 is 0. The highest BCUT2D eigenvalue weighted by atomic mass is 16.4. The molecule has 1 rings (SSSR count). The molecule has 0 spiro atoms. The predicted molar refractivity (Wildman–Crippen MR) is 39.4 cm³/mol. The molecule has 0 saturated carbocycles. The minimum atomic E-state index is -0.934. The van der Waals surface area contributed by atoms with E-state index in [1.165, 1.54) is 4.90 Å². The topological polar surface area (TPSA) is 60.8 Å². The standard InChI is InChI=1S/C7H13NO3/c1-5-2-3-8(7(10)11)4-6(5)9/h5-6,9H,2-4H2,1H3,(H,10,11). The zero-order chi connectivity index (χ0) is 8.43. The average molecular weight is 159 g/mol. The molecule has 0 bridgehead atoms. The van der Waals surface area contributed by atoms with Gasteiger partial charge in [0.1, 0.15) is 0 Å². The van der Waals surface area contributed by atoms with Gasteiger partial charge in [0.2, 0.25) is 0 Å². The molecule has 2 unspecified atom stereocenters. The second-order valence-corrected chi connectivity index (χ2v) is 3.06. The first-order valence-corrected chi connectivity index (χ1v) is 3.77. The summed E-state index contributed by atoms with van der Waals surface area (Å²) in [4.78, 5) is 11.7. The zero-order valence-electron chi connectivity index (χ0n) is 6.53. The maximum absolute atomic E-state index is 10.4. The van der Waals surface area contributed by atoms with Gasteiger partial charge in [0.25, 0.3) is 0 Å². The van der Waals surface area contributed by atoms with Crippen LogP contribution in [0.1, 0.15) is 13.3 Å². The largest absolute Gasteiger partial charge is 0.465 e. The van der Waals surface area contributed by atoms with Crippen molar-refractivity contribution in [3.8, 4) is 0 Å². The third-order valence-corrected chi connectivity index (χ3v) is 2.19. The van der Waals surface area contributed by atoms with Crippen LogP contribution in [0.25, 0.3) is 0 Å². The monoisotopic (exact) mass is 159 g/mol. The van der Waals surface area contributed by atoms with Crippen LogP contribution in [0.15, 0.2) is 0 Å². The van der Waals surface area contributed by atoms with Gasteiger partial charge < -0.3 is 15.1 Å². The lowest BCUT2D eigenvalue weighted by Crippen LogP contribution is -2.45. The van der Waals surface area contributed by atoms with Crippen LogP contribution in [0.2, 0.25) is 0 Å². The molecule has 2 atom stereocenters. The van der Waals surface area contributed by atoms with Crippen LogP contribution >= 0.6 is 0 Å². The Labute approximate surface area is 65.4 Å². The number of carbonyl (C=O) groups is 1. The number of amides is 1. The minimum absolute atomic E-state index is 0.227. The SMILES string of the molecule is CC1CCN(C(=O)O)CC1O. The second-order valence-electron chi connectivity index (χ2n) is 3.06. The number of piperidine rings is 1. The van der Waals surface area contributed by atoms with E-state index in [0.29, 0.717) is 6.54 Å². The van der Waals surface area contributed by atoms with Crippen molar-refractivity contribution in [1.82, 2.24) is 4.90 Å². The maximum atomic E-state index is 10.4. The molecule has 1 amide bonds. The molecule has 0 aromatic carbocycles. The van der Waals surface area contributed by atoms with E-state index in [2.05, 4.69) is 0 Å². The molecule has 1 fully saturated rings. The van der Waals surface area contributed by atoms with Crippen molar-refractivity contribution in [3.63, 3.8) is 0 Å². The van der Waals surface area contributed by atoms with Crippen molar-refractivity contribution < 1.29 is 15.0 Å². The summed E-state index contributed by atoms with van der Waals surface area (Å²) in [5.74, 6) is 0.227. The third kappa shape index (κ3) is 1.83. The van der Waals surface area contributed by atoms with Gasteiger partial charge in [0.05, 0.1) is 12.6 Å². The Morgan fingerprint density at radius 1 is 1.64 bits per heavy atom. The van der Waals surface area contributed by atoms with E-state index < -0.39 is 12.2 Å². The first-order valence-electron chi connectivity index (χ1n) is 3.77. The third-order valence-electron chi connectivity index (χ3n) is 2.19. The van der Waals surface area contributed by atoms with E-state index in [-0.39, 0.29) is 12.5 Å². The lowest BCUT2D eigenvalue weighted by atomic mass is 9.96. The van der Waals surface area contributed by atoms with Crippen molar-refractivity contribution >= 4 is 6.09 Å². The molecule has 11 heavy (non-hydrogen) atoms. The van der Waals surface area contributed by atoms with E-state index in [1.54, 1.807) is 0 Å². The van der Waals surface area contributed by atoms with Gasteiger partial charge in [-0.2, -0.15) is 0 Å². The molecule has 0 aliphatic carbocycles. The molecule has 0 aromatic rings. The van der Waals surface area contributed by atoms with Gasteiger partial charge >= 0.3 is 6.09 Å². The summed E-state index contributed by atoms with van der Waals surface area (Å²) in [5, 5.41) is 17.8. The van der Waals surface area contributed by atoms with E-state index in [9.17, 15) is 9.90 Å². The first-order chi connectivity index (χ1) is 5.11. The number of nitrogens with zero attached hydrogens (tertiary/aromatic N) is 1. The van der Waals surface area contributed by atoms with Gasteiger partial charge in [0, 0.05) is 6.54 Å². The number of rotatable bonds is 0. The molecule has 1 aliphatic heterocycles. The predicted octanol–water partition coefficient (Wildman–Crippen LogP) is 0.367. The number of hydrogen-bond acceptors (Lipinski definition) is 2. The average Bonchev–Trinajstić information content (AvgIpc) is 1.94. The van der Waals surface area contributed by atoms with Crippen LogP contribution in [-0.2, 0) is 0 Å². The van der Waals surface area contributed by atoms with E-state index in [4.69, 9.17) is 5.11 Å². The Morgan fingerprint density at radius 2 is 2.27 bits per heavy atom. The number of β-amino-alcohol motifs (C(OH)–C–C–N with tert-alkyl or cyclic N) is 1. The van der Waals surface area contributed by atoms with Gasteiger partial charge in [-0.1, -0.05) is 6.92 Å². The normalized spacial score (nSPS) is 32.0. The maximum Gasteiger partial charge on any atom is 0.407 e. The van der Waals surface area contributed by atoms with E-state index in [0.717, 1.165) is 6.42 Å². The Bertz CT molecular complexity index is 160. The van der Waals surface area contributed by atoms with E-state index in [1.807, 2.05) is 6.92 Å². The smallest absolute Gasteiger partial charge is 0.407 e. The molecule has 2 N–H and O–H groups in total. The molecule has 1 heterocycles. The molecular weight excluding hydrogens is 146 g/mol. The zero-order valence-corrected chi connectivity index (χ0v) is 6.53. The Kier molecular flexibility index (Phi) is 2.34.